The molecule has 0 aromatic carbocycles. The molecule has 0 saturated carbocycles. The zero-order chi connectivity index (χ0) is 40.4. The molecule has 2 saturated heterocycles. The molecule has 0 spiro atoms. The van der Waals surface area contributed by atoms with Crippen molar-refractivity contribution in [2.45, 2.75) is 140 Å². The summed E-state index contributed by atoms with van der Waals surface area (Å²) in [6, 6.07) is 6.75. The Bertz CT molecular complexity index is 1460. The summed E-state index contributed by atoms with van der Waals surface area (Å²) in [6.45, 7) is 24.5. The van der Waals surface area contributed by atoms with E-state index in [4.69, 9.17) is 18.9 Å². The van der Waals surface area contributed by atoms with Gasteiger partial charge in [-0.15, -0.1) is 23.5 Å². The van der Waals surface area contributed by atoms with Gasteiger partial charge in [-0.25, -0.2) is 9.59 Å². The average Bonchev–Trinajstić information content (AvgIpc) is 3.70. The van der Waals surface area contributed by atoms with E-state index in [9.17, 15) is 19.2 Å². The van der Waals surface area contributed by atoms with Crippen molar-refractivity contribution in [3.05, 3.63) is 48.0 Å². The third-order valence-corrected chi connectivity index (χ3v) is 10.3. The van der Waals surface area contributed by atoms with Crippen molar-refractivity contribution in [2.24, 2.45) is 11.8 Å². The lowest BCUT2D eigenvalue weighted by atomic mass is 9.97. The van der Waals surface area contributed by atoms with Crippen molar-refractivity contribution < 1.29 is 38.1 Å². The second-order valence-electron chi connectivity index (χ2n) is 15.6. The fourth-order valence-corrected chi connectivity index (χ4v) is 8.18. The summed E-state index contributed by atoms with van der Waals surface area (Å²) in [7, 11) is 0. The van der Waals surface area contributed by atoms with Crippen LogP contribution < -0.4 is 0 Å². The Labute approximate surface area is 330 Å². The molecule has 2 aromatic rings. The molecule has 2 aliphatic heterocycles. The molecule has 0 N–H and O–H groups in total. The van der Waals surface area contributed by atoms with E-state index < -0.39 is 47.3 Å². The molecule has 0 aliphatic carbocycles. The first-order valence-electron chi connectivity index (χ1n) is 18.8. The Morgan fingerprint density at radius 3 is 1.33 bits per heavy atom. The number of hydrogen-bond acceptors (Lipinski definition) is 12. The van der Waals surface area contributed by atoms with Crippen molar-refractivity contribution in [3.8, 4) is 0 Å². The van der Waals surface area contributed by atoms with E-state index >= 15 is 0 Å². The summed E-state index contributed by atoms with van der Waals surface area (Å²) in [6.07, 6.45) is 3.62. The van der Waals surface area contributed by atoms with Crippen molar-refractivity contribution in [1.82, 2.24) is 19.8 Å². The lowest BCUT2D eigenvalue weighted by Crippen LogP contribution is -2.38. The highest BCUT2D eigenvalue weighted by Crippen LogP contribution is 2.43. The van der Waals surface area contributed by atoms with E-state index in [2.05, 4.69) is 37.7 Å². The van der Waals surface area contributed by atoms with Gasteiger partial charge in [0, 0.05) is 45.8 Å². The molecule has 12 nitrogen and oxygen atoms in total. The molecule has 4 heterocycles. The van der Waals surface area contributed by atoms with Gasteiger partial charge in [0.15, 0.2) is 0 Å². The molecule has 0 bridgehead atoms. The minimum atomic E-state index is -0.608. The highest BCUT2D eigenvalue weighted by molar-refractivity contribution is 8.00. The van der Waals surface area contributed by atoms with Crippen molar-refractivity contribution >= 4 is 47.6 Å². The van der Waals surface area contributed by atoms with Crippen molar-refractivity contribution in [3.63, 3.8) is 0 Å². The summed E-state index contributed by atoms with van der Waals surface area (Å²) < 4.78 is 21.7. The molecule has 0 unspecified atom stereocenters. The Morgan fingerprint density at radius 2 is 1.04 bits per heavy atom. The molecular formula is C40H60N4O8S2. The van der Waals surface area contributed by atoms with Crippen LogP contribution >= 0.6 is 23.5 Å². The van der Waals surface area contributed by atoms with Crippen LogP contribution in [0.15, 0.2) is 46.5 Å². The van der Waals surface area contributed by atoms with Gasteiger partial charge in [-0.05, 0) is 92.5 Å². The Kier molecular flexibility index (Phi) is 16.5. The van der Waals surface area contributed by atoms with Gasteiger partial charge in [0.2, 0.25) is 0 Å². The van der Waals surface area contributed by atoms with Crippen LogP contribution in [0.1, 0.15) is 119 Å². The monoisotopic (exact) mass is 788 g/mol. The molecule has 2 aliphatic rings. The van der Waals surface area contributed by atoms with Crippen LogP contribution in [-0.4, -0.2) is 91.9 Å². The van der Waals surface area contributed by atoms with Crippen LogP contribution in [-0.2, 0) is 28.5 Å². The van der Waals surface area contributed by atoms with Crippen molar-refractivity contribution in [2.75, 3.05) is 26.3 Å². The van der Waals surface area contributed by atoms with Crippen LogP contribution in [0.2, 0.25) is 0 Å². The molecule has 2 aromatic heterocycles. The maximum atomic E-state index is 12.8. The zero-order valence-electron chi connectivity index (χ0n) is 34.0. The van der Waals surface area contributed by atoms with Gasteiger partial charge in [-0.2, -0.15) is 0 Å². The van der Waals surface area contributed by atoms with E-state index in [1.807, 2.05) is 65.8 Å². The fourth-order valence-electron chi connectivity index (χ4n) is 6.26. The number of likely N-dealkylation sites (tertiary alicyclic amines) is 2. The number of amides is 2. The summed E-state index contributed by atoms with van der Waals surface area (Å²) in [5.41, 5.74) is 0.252. The van der Waals surface area contributed by atoms with Crippen molar-refractivity contribution in [1.29, 1.82) is 0 Å². The number of hydrogen-bond donors (Lipinski definition) is 0. The number of ether oxygens (including phenoxy) is 4. The van der Waals surface area contributed by atoms with E-state index in [1.165, 1.54) is 0 Å². The molecule has 14 heteroatoms. The van der Waals surface area contributed by atoms with Gasteiger partial charge in [0.25, 0.3) is 0 Å². The average molecular weight is 789 g/mol. The van der Waals surface area contributed by atoms with Crippen LogP contribution in [0.5, 0.6) is 0 Å². The maximum Gasteiger partial charge on any atom is 0.410 e. The first-order valence-corrected chi connectivity index (χ1v) is 20.6. The van der Waals surface area contributed by atoms with Gasteiger partial charge in [-0.3, -0.25) is 29.4 Å². The number of pyridine rings is 2. The number of nitrogens with zero attached hydrogens (tertiary/aromatic N) is 4. The van der Waals surface area contributed by atoms with Gasteiger partial charge in [0.05, 0.1) is 48.5 Å². The molecule has 54 heavy (non-hydrogen) atoms. The second kappa shape index (κ2) is 19.9. The van der Waals surface area contributed by atoms with E-state index in [0.717, 1.165) is 21.2 Å². The third kappa shape index (κ3) is 12.8. The largest absolute Gasteiger partial charge is 0.466 e. The van der Waals surface area contributed by atoms with Crippen LogP contribution in [0.25, 0.3) is 0 Å². The standard InChI is InChI=1S/2C20H30N2O4S/c2*1-7-25-18(23)14-10-12-22(19(24)26-20(4,5)6)17(14)16-15(27-13(2)3)9-8-11-21-16/h2*8-9,11,13-14,17H,7,10,12H2,1-6H3/t14-,17+;14-,17-/m01/s1. The number of carbonyl (C=O) groups excluding carboxylic acids is 4. The van der Waals surface area contributed by atoms with Gasteiger partial charge in [-0.1, -0.05) is 27.7 Å². The summed E-state index contributed by atoms with van der Waals surface area (Å²) in [5.74, 6) is -1.47. The lowest BCUT2D eigenvalue weighted by Gasteiger charge is -2.30. The normalized spacial score (nSPS) is 20.0. The lowest BCUT2D eigenvalue weighted by molar-refractivity contribution is -0.149. The van der Waals surface area contributed by atoms with Gasteiger partial charge in [0.1, 0.15) is 11.2 Å². The number of aromatic nitrogens is 2. The van der Waals surface area contributed by atoms with Crippen LogP contribution in [0, 0.1) is 11.8 Å². The number of thioether (sulfide) groups is 2. The predicted octanol–water partition coefficient (Wildman–Crippen LogP) is 8.89. The highest BCUT2D eigenvalue weighted by atomic mass is 32.2. The first kappa shape index (κ1) is 44.9. The first-order chi connectivity index (χ1) is 25.3. The number of carbonyl (C=O) groups is 4. The molecule has 4 rings (SSSR count). The topological polar surface area (TPSA) is 137 Å². The minimum Gasteiger partial charge on any atom is -0.466 e. The Balaban J connectivity index is 0.000000290. The van der Waals surface area contributed by atoms with Gasteiger partial charge >= 0.3 is 24.1 Å². The van der Waals surface area contributed by atoms with E-state index in [0.29, 0.717) is 49.6 Å². The highest BCUT2D eigenvalue weighted by Gasteiger charge is 2.47. The number of rotatable bonds is 10. The predicted molar refractivity (Wildman–Crippen MR) is 211 cm³/mol. The van der Waals surface area contributed by atoms with E-state index in [1.54, 1.807) is 59.6 Å². The number of esters is 2. The Morgan fingerprint density at radius 1 is 0.685 bits per heavy atom. The summed E-state index contributed by atoms with van der Waals surface area (Å²) in [5, 5.41) is 0.704. The van der Waals surface area contributed by atoms with Crippen LogP contribution in [0.4, 0.5) is 9.59 Å². The molecular weight excluding hydrogens is 729 g/mol. The molecule has 300 valence electrons. The van der Waals surface area contributed by atoms with Crippen LogP contribution in [0.3, 0.4) is 0 Å². The molecule has 4 atom stereocenters. The minimum absolute atomic E-state index is 0.292. The molecule has 0 radical (unpaired) electrons. The zero-order valence-corrected chi connectivity index (χ0v) is 35.7. The third-order valence-electron chi connectivity index (χ3n) is 8.12. The second-order valence-corrected chi connectivity index (χ2v) is 18.9. The summed E-state index contributed by atoms with van der Waals surface area (Å²) in [4.78, 5) is 65.1. The quantitative estimate of drug-likeness (QED) is 0.129. The van der Waals surface area contributed by atoms with Gasteiger partial charge < -0.3 is 18.9 Å². The maximum absolute atomic E-state index is 12.8. The molecule has 2 amide bonds. The smallest absolute Gasteiger partial charge is 0.410 e. The fraction of sp³-hybridized carbons (Fsp3) is 0.650. The SMILES string of the molecule is CCOC(=O)[C@@H]1CCN(C(=O)OC(C)(C)C)[C@H]1c1ncccc1SC(C)C.CCOC(=O)[C@H]1CCN(C(=O)OC(C)(C)C)[C@H]1c1ncccc1SC(C)C. The summed E-state index contributed by atoms with van der Waals surface area (Å²) >= 11 is 3.35. The van der Waals surface area contributed by atoms with E-state index in [-0.39, 0.29) is 11.9 Å². The Hall–Kier alpha value is -3.52. The molecule has 2 fully saturated rings.